The highest BCUT2D eigenvalue weighted by molar-refractivity contribution is 7.09. The third-order valence-corrected chi connectivity index (χ3v) is 5.91. The summed E-state index contributed by atoms with van der Waals surface area (Å²) in [5.74, 6) is 0.380. The summed E-state index contributed by atoms with van der Waals surface area (Å²) >= 11 is 7.64. The molecule has 1 aliphatic rings. The minimum atomic E-state index is -0.514. The van der Waals surface area contributed by atoms with E-state index in [9.17, 15) is 9.59 Å². The monoisotopic (exact) mass is 457 g/mol. The van der Waals surface area contributed by atoms with Gasteiger partial charge in [-0.25, -0.2) is 0 Å². The van der Waals surface area contributed by atoms with Crippen LogP contribution in [0.1, 0.15) is 10.4 Å². The first kappa shape index (κ1) is 21.2. The number of halogens is 1. The van der Waals surface area contributed by atoms with E-state index in [2.05, 4.69) is 0 Å². The lowest BCUT2D eigenvalue weighted by molar-refractivity contribution is -0.147. The summed E-state index contributed by atoms with van der Waals surface area (Å²) in [6.07, 6.45) is 0.00189. The summed E-state index contributed by atoms with van der Waals surface area (Å²) in [6, 6.07) is 16.3. The zero-order valence-electron chi connectivity index (χ0n) is 16.6. The number of benzene rings is 2. The van der Waals surface area contributed by atoms with Gasteiger partial charge in [-0.15, -0.1) is 11.3 Å². The van der Waals surface area contributed by atoms with Crippen LogP contribution in [0.2, 0.25) is 5.02 Å². The Hall–Kier alpha value is -3.03. The molecule has 8 heteroatoms. The molecule has 31 heavy (non-hydrogen) atoms. The van der Waals surface area contributed by atoms with Crippen molar-refractivity contribution in [3.05, 3.63) is 75.4 Å². The SMILES string of the molecule is O=C(Cc1ccccc1Cl)OCC(=O)N(Cc1cccs1)c1ccc2c(c1)OCCO2. The van der Waals surface area contributed by atoms with Crippen molar-refractivity contribution in [2.24, 2.45) is 0 Å². The lowest BCUT2D eigenvalue weighted by Crippen LogP contribution is -2.34. The molecule has 0 bridgehead atoms. The molecule has 3 aromatic rings. The maximum Gasteiger partial charge on any atom is 0.310 e. The predicted molar refractivity (Wildman–Crippen MR) is 119 cm³/mol. The Balaban J connectivity index is 1.46. The van der Waals surface area contributed by atoms with Gasteiger partial charge in [0.15, 0.2) is 18.1 Å². The van der Waals surface area contributed by atoms with E-state index in [1.807, 2.05) is 17.5 Å². The summed E-state index contributed by atoms with van der Waals surface area (Å²) < 4.78 is 16.5. The maximum atomic E-state index is 13.0. The second-order valence-corrected chi connectivity index (χ2v) is 8.26. The molecule has 1 amide bonds. The molecule has 4 rings (SSSR count). The Morgan fingerprint density at radius 3 is 2.61 bits per heavy atom. The molecule has 2 heterocycles. The van der Waals surface area contributed by atoms with Gasteiger partial charge in [-0.2, -0.15) is 0 Å². The highest BCUT2D eigenvalue weighted by Gasteiger charge is 2.22. The largest absolute Gasteiger partial charge is 0.486 e. The van der Waals surface area contributed by atoms with Crippen molar-refractivity contribution in [2.45, 2.75) is 13.0 Å². The van der Waals surface area contributed by atoms with Crippen molar-refractivity contribution in [1.82, 2.24) is 0 Å². The van der Waals surface area contributed by atoms with Crippen LogP contribution in [0.15, 0.2) is 60.0 Å². The molecule has 0 radical (unpaired) electrons. The number of anilines is 1. The van der Waals surface area contributed by atoms with E-state index >= 15 is 0 Å². The Kier molecular flexibility index (Phi) is 6.74. The number of esters is 1. The lowest BCUT2D eigenvalue weighted by atomic mass is 10.1. The summed E-state index contributed by atoms with van der Waals surface area (Å²) in [5.41, 5.74) is 1.30. The fourth-order valence-electron chi connectivity index (χ4n) is 3.15. The summed E-state index contributed by atoms with van der Waals surface area (Å²) in [5, 5.41) is 2.44. The quantitative estimate of drug-likeness (QED) is 0.489. The number of rotatable bonds is 7. The number of carbonyl (C=O) groups is 2. The van der Waals surface area contributed by atoms with Crippen molar-refractivity contribution < 1.29 is 23.8 Å². The molecule has 1 aromatic heterocycles. The van der Waals surface area contributed by atoms with Gasteiger partial charge in [0.05, 0.1) is 13.0 Å². The molecular weight excluding hydrogens is 438 g/mol. The van der Waals surface area contributed by atoms with E-state index in [0.29, 0.717) is 47.5 Å². The molecule has 1 aliphatic heterocycles. The average Bonchev–Trinajstić information content (AvgIpc) is 3.30. The minimum absolute atomic E-state index is 0.00189. The van der Waals surface area contributed by atoms with Crippen molar-refractivity contribution in [3.63, 3.8) is 0 Å². The topological polar surface area (TPSA) is 65.1 Å². The van der Waals surface area contributed by atoms with E-state index in [1.165, 1.54) is 0 Å². The normalized spacial score (nSPS) is 12.3. The number of thiophene rings is 1. The third kappa shape index (κ3) is 5.37. The van der Waals surface area contributed by atoms with Crippen LogP contribution in [0.5, 0.6) is 11.5 Å². The van der Waals surface area contributed by atoms with Crippen molar-refractivity contribution in [1.29, 1.82) is 0 Å². The Labute approximate surface area is 188 Å². The maximum absolute atomic E-state index is 13.0. The van der Waals surface area contributed by atoms with Crippen LogP contribution in [0.25, 0.3) is 0 Å². The Morgan fingerprint density at radius 2 is 1.84 bits per heavy atom. The number of ether oxygens (including phenoxy) is 3. The molecule has 0 spiro atoms. The molecule has 0 saturated carbocycles. The fraction of sp³-hybridized carbons (Fsp3) is 0.217. The summed E-state index contributed by atoms with van der Waals surface area (Å²) in [4.78, 5) is 27.8. The van der Waals surface area contributed by atoms with Gasteiger partial charge in [0.1, 0.15) is 13.2 Å². The molecule has 0 aliphatic carbocycles. The molecule has 2 aromatic carbocycles. The highest BCUT2D eigenvalue weighted by Crippen LogP contribution is 2.34. The second-order valence-electron chi connectivity index (χ2n) is 6.82. The molecule has 0 atom stereocenters. The molecule has 0 saturated heterocycles. The Bertz CT molecular complexity index is 1070. The van der Waals surface area contributed by atoms with Gasteiger partial charge in [0.25, 0.3) is 5.91 Å². The molecule has 0 fully saturated rings. The van der Waals surface area contributed by atoms with E-state index in [1.54, 1.807) is 58.7 Å². The second kappa shape index (κ2) is 9.85. The standard InChI is InChI=1S/C23H20ClNO5S/c24-19-6-2-1-4-16(19)12-23(27)30-15-22(26)25(14-18-5-3-11-31-18)17-7-8-20-21(13-17)29-10-9-28-20/h1-8,11,13H,9-10,12,14-15H2. The first-order valence-corrected chi connectivity index (χ1v) is 11.0. The number of hydrogen-bond acceptors (Lipinski definition) is 6. The van der Waals surface area contributed by atoms with Gasteiger partial charge in [-0.05, 0) is 35.2 Å². The average molecular weight is 458 g/mol. The van der Waals surface area contributed by atoms with Crippen LogP contribution in [-0.4, -0.2) is 31.7 Å². The fourth-order valence-corrected chi connectivity index (χ4v) is 4.05. The van der Waals surface area contributed by atoms with Gasteiger partial charge in [0.2, 0.25) is 0 Å². The van der Waals surface area contributed by atoms with E-state index in [4.69, 9.17) is 25.8 Å². The van der Waals surface area contributed by atoms with Crippen LogP contribution in [0.3, 0.4) is 0 Å². The lowest BCUT2D eigenvalue weighted by Gasteiger charge is -2.25. The van der Waals surface area contributed by atoms with Crippen LogP contribution >= 0.6 is 22.9 Å². The highest BCUT2D eigenvalue weighted by atomic mass is 35.5. The zero-order chi connectivity index (χ0) is 21.6. The number of carbonyl (C=O) groups excluding carboxylic acids is 2. The molecular formula is C23H20ClNO5S. The molecule has 160 valence electrons. The van der Waals surface area contributed by atoms with E-state index in [0.717, 1.165) is 4.88 Å². The first-order valence-electron chi connectivity index (χ1n) is 9.71. The summed E-state index contributed by atoms with van der Waals surface area (Å²) in [6.45, 7) is 0.932. The molecule has 0 unspecified atom stereocenters. The van der Waals surface area contributed by atoms with Crippen LogP contribution in [0.4, 0.5) is 5.69 Å². The van der Waals surface area contributed by atoms with Crippen LogP contribution < -0.4 is 14.4 Å². The zero-order valence-corrected chi connectivity index (χ0v) is 18.2. The summed E-state index contributed by atoms with van der Waals surface area (Å²) in [7, 11) is 0. The van der Waals surface area contributed by atoms with Crippen LogP contribution in [0, 0.1) is 0 Å². The van der Waals surface area contributed by atoms with Gasteiger partial charge in [0, 0.05) is 21.7 Å². The smallest absolute Gasteiger partial charge is 0.310 e. The third-order valence-electron chi connectivity index (χ3n) is 4.68. The predicted octanol–water partition coefficient (Wildman–Crippen LogP) is 4.49. The van der Waals surface area contributed by atoms with Crippen molar-refractivity contribution in [3.8, 4) is 11.5 Å². The first-order chi connectivity index (χ1) is 15.1. The van der Waals surface area contributed by atoms with E-state index in [-0.39, 0.29) is 18.9 Å². The van der Waals surface area contributed by atoms with Crippen LogP contribution in [-0.2, 0) is 27.3 Å². The molecule has 0 N–H and O–H groups in total. The number of fused-ring (bicyclic) bond motifs is 1. The van der Waals surface area contributed by atoms with Crippen molar-refractivity contribution in [2.75, 3.05) is 24.7 Å². The van der Waals surface area contributed by atoms with Crippen molar-refractivity contribution >= 4 is 40.5 Å². The Morgan fingerprint density at radius 1 is 1.03 bits per heavy atom. The number of amides is 1. The van der Waals surface area contributed by atoms with Gasteiger partial charge in [-0.1, -0.05) is 35.9 Å². The van der Waals surface area contributed by atoms with E-state index < -0.39 is 5.97 Å². The number of nitrogens with zero attached hydrogens (tertiary/aromatic N) is 1. The van der Waals surface area contributed by atoms with Gasteiger partial charge in [-0.3, -0.25) is 9.59 Å². The minimum Gasteiger partial charge on any atom is -0.486 e. The molecule has 6 nitrogen and oxygen atoms in total. The number of hydrogen-bond donors (Lipinski definition) is 0. The van der Waals surface area contributed by atoms with Gasteiger partial charge < -0.3 is 19.1 Å². The van der Waals surface area contributed by atoms with Gasteiger partial charge >= 0.3 is 5.97 Å².